The molecular weight excluding hydrogens is 438 g/mol. The molecule has 0 spiro atoms. The topological polar surface area (TPSA) is 124 Å². The highest BCUT2D eigenvalue weighted by molar-refractivity contribution is 7.14. The molecule has 2 amide bonds. The second kappa shape index (κ2) is 9.10. The van der Waals surface area contributed by atoms with E-state index in [1.54, 1.807) is 11.4 Å². The van der Waals surface area contributed by atoms with Crippen molar-refractivity contribution in [2.24, 2.45) is 0 Å². The quantitative estimate of drug-likeness (QED) is 0.393. The Kier molecular flexibility index (Phi) is 6.06. The highest BCUT2D eigenvalue weighted by Crippen LogP contribution is 2.27. The number of thiazole rings is 1. The fourth-order valence-electron chi connectivity index (χ4n) is 3.32. The van der Waals surface area contributed by atoms with E-state index >= 15 is 0 Å². The zero-order valence-corrected chi connectivity index (χ0v) is 19.0. The van der Waals surface area contributed by atoms with E-state index in [2.05, 4.69) is 32.0 Å². The molecule has 166 valence electrons. The predicted octanol–water partition coefficient (Wildman–Crippen LogP) is 4.36. The van der Waals surface area contributed by atoms with Crippen LogP contribution in [0.3, 0.4) is 0 Å². The van der Waals surface area contributed by atoms with Crippen LogP contribution in [-0.2, 0) is 4.79 Å². The van der Waals surface area contributed by atoms with E-state index in [9.17, 15) is 9.59 Å². The molecule has 4 heterocycles. The molecule has 9 nitrogen and oxygen atoms in total. The van der Waals surface area contributed by atoms with Gasteiger partial charge in [0.15, 0.2) is 5.13 Å². The summed E-state index contributed by atoms with van der Waals surface area (Å²) >= 11 is 1.22. The van der Waals surface area contributed by atoms with E-state index in [0.717, 1.165) is 11.2 Å². The lowest BCUT2D eigenvalue weighted by Gasteiger charge is -2.15. The molecule has 0 aliphatic rings. The lowest BCUT2D eigenvalue weighted by atomic mass is 10.1. The largest absolute Gasteiger partial charge is 0.382 e. The van der Waals surface area contributed by atoms with Crippen LogP contribution in [0, 0.1) is 11.3 Å². The third-order valence-electron chi connectivity index (χ3n) is 4.67. The minimum absolute atomic E-state index is 0.0830. The standard InChI is InChI=1S/C23H21N7O2S/c1-13(2)26-18-9-19(20-5-4-16-8-15(10-24)6-7-30(16)20)25-11-17(18)22(32)28-21-12-33-23(29-21)27-14(3)31/h4-9,11-13H,1-3H3,(H,25,26)(H,28,32)(H,27,29,31). The summed E-state index contributed by atoms with van der Waals surface area (Å²) in [6.07, 6.45) is 3.36. The van der Waals surface area contributed by atoms with Gasteiger partial charge in [-0.05, 0) is 44.2 Å². The number of hydrogen-bond donors (Lipinski definition) is 3. The summed E-state index contributed by atoms with van der Waals surface area (Å²) in [4.78, 5) is 32.9. The van der Waals surface area contributed by atoms with E-state index in [1.807, 2.05) is 48.7 Å². The normalized spacial score (nSPS) is 10.8. The summed E-state index contributed by atoms with van der Waals surface area (Å²) < 4.78 is 1.95. The molecule has 0 saturated heterocycles. The van der Waals surface area contributed by atoms with Gasteiger partial charge in [-0.3, -0.25) is 14.6 Å². The number of carbonyl (C=O) groups excluding carboxylic acids is 2. The van der Waals surface area contributed by atoms with Gasteiger partial charge in [0.05, 0.1) is 34.3 Å². The zero-order valence-electron chi connectivity index (χ0n) is 18.2. The lowest BCUT2D eigenvalue weighted by molar-refractivity contribution is -0.114. The number of hydrogen-bond acceptors (Lipinski definition) is 7. The van der Waals surface area contributed by atoms with Crippen LogP contribution in [0.15, 0.2) is 48.1 Å². The Labute approximate surface area is 194 Å². The first-order chi connectivity index (χ1) is 15.8. The van der Waals surface area contributed by atoms with Crippen molar-refractivity contribution in [1.29, 1.82) is 5.26 Å². The molecule has 33 heavy (non-hydrogen) atoms. The number of aromatic nitrogens is 3. The van der Waals surface area contributed by atoms with Gasteiger partial charge in [0, 0.05) is 36.3 Å². The van der Waals surface area contributed by atoms with Gasteiger partial charge in [-0.15, -0.1) is 11.3 Å². The SMILES string of the molecule is CC(=O)Nc1nc(NC(=O)c2cnc(-c3ccc4cc(C#N)ccn34)cc2NC(C)C)cs1. The number of carbonyl (C=O) groups is 2. The van der Waals surface area contributed by atoms with E-state index in [1.165, 1.54) is 24.5 Å². The number of amides is 2. The maximum Gasteiger partial charge on any atom is 0.260 e. The highest BCUT2D eigenvalue weighted by atomic mass is 32.1. The first-order valence-corrected chi connectivity index (χ1v) is 11.0. The lowest BCUT2D eigenvalue weighted by Crippen LogP contribution is -2.18. The molecule has 4 aromatic heterocycles. The molecule has 0 saturated carbocycles. The molecule has 0 fully saturated rings. The van der Waals surface area contributed by atoms with Gasteiger partial charge in [-0.2, -0.15) is 5.26 Å². The van der Waals surface area contributed by atoms with Crippen LogP contribution in [0.5, 0.6) is 0 Å². The molecule has 4 rings (SSSR count). The van der Waals surface area contributed by atoms with Crippen molar-refractivity contribution < 1.29 is 9.59 Å². The van der Waals surface area contributed by atoms with Crippen LogP contribution in [0.25, 0.3) is 16.9 Å². The van der Waals surface area contributed by atoms with Crippen molar-refractivity contribution in [3.05, 3.63) is 59.2 Å². The Morgan fingerprint density at radius 2 is 2.00 bits per heavy atom. The molecule has 4 aromatic rings. The van der Waals surface area contributed by atoms with Crippen LogP contribution in [0.4, 0.5) is 16.6 Å². The number of nitrogens with zero attached hydrogens (tertiary/aromatic N) is 4. The second-order valence-corrected chi connectivity index (χ2v) is 8.49. The molecule has 0 unspecified atom stereocenters. The minimum atomic E-state index is -0.365. The van der Waals surface area contributed by atoms with Crippen molar-refractivity contribution in [1.82, 2.24) is 14.4 Å². The number of fused-ring (bicyclic) bond motifs is 1. The average Bonchev–Trinajstić information content (AvgIpc) is 3.38. The van der Waals surface area contributed by atoms with Gasteiger partial charge in [0.1, 0.15) is 5.82 Å². The average molecular weight is 460 g/mol. The Balaban J connectivity index is 1.66. The van der Waals surface area contributed by atoms with Crippen LogP contribution < -0.4 is 16.0 Å². The monoisotopic (exact) mass is 459 g/mol. The van der Waals surface area contributed by atoms with Gasteiger partial charge in [0.25, 0.3) is 5.91 Å². The molecular formula is C23H21N7O2S. The fraction of sp³-hybridized carbons (Fsp3) is 0.174. The molecule has 0 bridgehead atoms. The minimum Gasteiger partial charge on any atom is -0.382 e. The van der Waals surface area contributed by atoms with Crippen molar-refractivity contribution in [3.63, 3.8) is 0 Å². The molecule has 0 aromatic carbocycles. The van der Waals surface area contributed by atoms with E-state index in [4.69, 9.17) is 5.26 Å². The third kappa shape index (κ3) is 4.83. The first kappa shape index (κ1) is 22.0. The summed E-state index contributed by atoms with van der Waals surface area (Å²) in [6, 6.07) is 11.5. The van der Waals surface area contributed by atoms with E-state index in [-0.39, 0.29) is 17.9 Å². The number of nitriles is 1. The van der Waals surface area contributed by atoms with E-state index in [0.29, 0.717) is 33.5 Å². The summed E-state index contributed by atoms with van der Waals surface area (Å²) in [7, 11) is 0. The molecule has 0 radical (unpaired) electrons. The molecule has 0 aliphatic heterocycles. The molecule has 10 heteroatoms. The molecule has 0 aliphatic carbocycles. The van der Waals surface area contributed by atoms with Crippen LogP contribution in [0.2, 0.25) is 0 Å². The van der Waals surface area contributed by atoms with Crippen LogP contribution in [-0.4, -0.2) is 32.2 Å². The first-order valence-electron chi connectivity index (χ1n) is 10.2. The van der Waals surface area contributed by atoms with Crippen LogP contribution >= 0.6 is 11.3 Å². The molecule has 0 atom stereocenters. The second-order valence-electron chi connectivity index (χ2n) is 7.63. The predicted molar refractivity (Wildman–Crippen MR) is 128 cm³/mol. The number of nitrogens with one attached hydrogen (secondary N) is 3. The van der Waals surface area contributed by atoms with Gasteiger partial charge >= 0.3 is 0 Å². The van der Waals surface area contributed by atoms with Crippen LogP contribution in [0.1, 0.15) is 36.7 Å². The van der Waals surface area contributed by atoms with Gasteiger partial charge in [0.2, 0.25) is 5.91 Å². The Morgan fingerprint density at radius 3 is 2.73 bits per heavy atom. The summed E-state index contributed by atoms with van der Waals surface area (Å²) in [6.45, 7) is 5.36. The Bertz CT molecular complexity index is 1400. The van der Waals surface area contributed by atoms with Crippen molar-refractivity contribution >= 4 is 45.3 Å². The van der Waals surface area contributed by atoms with Gasteiger partial charge < -0.3 is 20.4 Å². The third-order valence-corrected chi connectivity index (χ3v) is 5.43. The Hall–Kier alpha value is -4.23. The highest BCUT2D eigenvalue weighted by Gasteiger charge is 2.17. The number of pyridine rings is 2. The van der Waals surface area contributed by atoms with Crippen molar-refractivity contribution in [3.8, 4) is 17.5 Å². The summed E-state index contributed by atoms with van der Waals surface area (Å²) in [5.74, 6) is -0.248. The Morgan fingerprint density at radius 1 is 1.18 bits per heavy atom. The van der Waals surface area contributed by atoms with Gasteiger partial charge in [-0.25, -0.2) is 4.98 Å². The van der Waals surface area contributed by atoms with Crippen molar-refractivity contribution in [2.75, 3.05) is 16.0 Å². The fourth-order valence-corrected chi connectivity index (χ4v) is 4.01. The maximum absolute atomic E-state index is 13.0. The summed E-state index contributed by atoms with van der Waals surface area (Å²) in [5, 5.41) is 19.9. The molecule has 3 N–H and O–H groups in total. The number of anilines is 3. The maximum atomic E-state index is 13.0. The van der Waals surface area contributed by atoms with E-state index < -0.39 is 0 Å². The zero-order chi connectivity index (χ0) is 23.5. The van der Waals surface area contributed by atoms with Crippen molar-refractivity contribution in [2.45, 2.75) is 26.8 Å². The smallest absolute Gasteiger partial charge is 0.260 e. The number of rotatable bonds is 6. The van der Waals surface area contributed by atoms with Gasteiger partial charge in [-0.1, -0.05) is 0 Å². The summed E-state index contributed by atoms with van der Waals surface area (Å²) in [5.41, 5.74) is 3.99.